The number of hydrogen-bond acceptors (Lipinski definition) is 5. The molecule has 2 heterocycles. The zero-order valence-corrected chi connectivity index (χ0v) is 15.9. The van der Waals surface area contributed by atoms with E-state index in [1.54, 1.807) is 18.4 Å². The Labute approximate surface area is 156 Å². The zero-order chi connectivity index (χ0) is 17.4. The van der Waals surface area contributed by atoms with Gasteiger partial charge in [-0.1, -0.05) is 41.1 Å². The highest BCUT2D eigenvalue weighted by Gasteiger charge is 2.22. The zero-order valence-electron chi connectivity index (χ0n) is 14.3. The lowest BCUT2D eigenvalue weighted by atomic mass is 10.2. The number of halogens is 1. The Morgan fingerprint density at radius 2 is 1.76 bits per heavy atom. The van der Waals surface area contributed by atoms with Crippen molar-refractivity contribution in [3.05, 3.63) is 47.0 Å². The molecule has 0 spiro atoms. The van der Waals surface area contributed by atoms with Crippen molar-refractivity contribution in [2.45, 2.75) is 6.92 Å². The van der Waals surface area contributed by atoms with Crippen LogP contribution in [0, 0.1) is 6.92 Å². The van der Waals surface area contributed by atoms with E-state index in [1.165, 1.54) is 10.3 Å². The maximum Gasteiger partial charge on any atom is 0.186 e. The Morgan fingerprint density at radius 3 is 2.48 bits per heavy atom. The highest BCUT2D eigenvalue weighted by molar-refractivity contribution is 7.22. The van der Waals surface area contributed by atoms with Gasteiger partial charge in [0.25, 0.3) is 0 Å². The molecule has 0 bridgehead atoms. The number of rotatable bonds is 3. The van der Waals surface area contributed by atoms with Crippen LogP contribution in [0.15, 0.2) is 36.4 Å². The summed E-state index contributed by atoms with van der Waals surface area (Å²) in [6.45, 7) is 5.88. The number of aromatic nitrogens is 1. The van der Waals surface area contributed by atoms with Crippen LogP contribution >= 0.6 is 22.9 Å². The van der Waals surface area contributed by atoms with Gasteiger partial charge in [-0.15, -0.1) is 0 Å². The van der Waals surface area contributed by atoms with Gasteiger partial charge in [0.05, 0.1) is 22.5 Å². The molecule has 1 fully saturated rings. The first kappa shape index (κ1) is 16.5. The van der Waals surface area contributed by atoms with Crippen LogP contribution in [0.1, 0.15) is 5.56 Å². The number of thiazole rings is 1. The Bertz CT molecular complexity index is 903. The number of benzene rings is 2. The highest BCUT2D eigenvalue weighted by Crippen LogP contribution is 2.37. The molecule has 0 aliphatic carbocycles. The van der Waals surface area contributed by atoms with Gasteiger partial charge < -0.3 is 14.5 Å². The van der Waals surface area contributed by atoms with Gasteiger partial charge in [-0.2, -0.15) is 0 Å². The molecule has 0 amide bonds. The Balaban J connectivity index is 1.56. The number of nitrogens with zero attached hydrogens (tertiary/aromatic N) is 3. The smallest absolute Gasteiger partial charge is 0.186 e. The van der Waals surface area contributed by atoms with E-state index in [0.717, 1.165) is 53.3 Å². The van der Waals surface area contributed by atoms with Gasteiger partial charge in [-0.3, -0.25) is 0 Å². The standard InChI is InChI=1S/C19H20ClN3OS/c1-13-7-8-16(24-2)17-18(13)25-19(21-17)23-11-9-22(10-12-23)15-6-4-3-5-14(15)20/h3-8H,9-12H2,1-2H3. The summed E-state index contributed by atoms with van der Waals surface area (Å²) in [4.78, 5) is 9.56. The van der Waals surface area contributed by atoms with Crippen LogP contribution in [0.3, 0.4) is 0 Å². The van der Waals surface area contributed by atoms with Crippen molar-refractivity contribution in [3.8, 4) is 5.75 Å². The molecule has 1 aromatic heterocycles. The summed E-state index contributed by atoms with van der Waals surface area (Å²) in [6, 6.07) is 12.1. The second-order valence-corrected chi connectivity index (χ2v) is 7.57. The van der Waals surface area contributed by atoms with E-state index in [9.17, 15) is 0 Å². The van der Waals surface area contributed by atoms with Crippen molar-refractivity contribution in [1.29, 1.82) is 0 Å². The fourth-order valence-corrected chi connectivity index (χ4v) is 4.60. The van der Waals surface area contributed by atoms with Gasteiger partial charge >= 0.3 is 0 Å². The SMILES string of the molecule is COc1ccc(C)c2sc(N3CCN(c4ccccc4Cl)CC3)nc12. The van der Waals surface area contributed by atoms with Gasteiger partial charge in [0.2, 0.25) is 0 Å². The number of ether oxygens (including phenoxy) is 1. The van der Waals surface area contributed by atoms with E-state index in [1.807, 2.05) is 24.3 Å². The minimum Gasteiger partial charge on any atom is -0.494 e. The van der Waals surface area contributed by atoms with E-state index in [4.69, 9.17) is 21.3 Å². The van der Waals surface area contributed by atoms with E-state index >= 15 is 0 Å². The summed E-state index contributed by atoms with van der Waals surface area (Å²) in [5.74, 6) is 0.845. The van der Waals surface area contributed by atoms with Crippen LogP contribution in [0.4, 0.5) is 10.8 Å². The lowest BCUT2D eigenvalue weighted by Gasteiger charge is -2.36. The van der Waals surface area contributed by atoms with E-state index in [0.29, 0.717) is 0 Å². The summed E-state index contributed by atoms with van der Waals surface area (Å²) >= 11 is 8.09. The normalized spacial score (nSPS) is 15.0. The molecule has 1 aliphatic rings. The third-order valence-corrected chi connectivity index (χ3v) is 6.23. The molecule has 6 heteroatoms. The summed E-state index contributed by atoms with van der Waals surface area (Å²) < 4.78 is 6.68. The lowest BCUT2D eigenvalue weighted by Crippen LogP contribution is -2.46. The average Bonchev–Trinajstić information content (AvgIpc) is 3.09. The minimum atomic E-state index is 0.816. The van der Waals surface area contributed by atoms with E-state index < -0.39 is 0 Å². The molecule has 0 atom stereocenters. The molecule has 0 N–H and O–H groups in total. The maximum absolute atomic E-state index is 6.34. The molecular formula is C19H20ClN3OS. The quantitative estimate of drug-likeness (QED) is 0.671. The fourth-order valence-electron chi connectivity index (χ4n) is 3.25. The van der Waals surface area contributed by atoms with Crippen LogP contribution in [0.2, 0.25) is 5.02 Å². The molecule has 1 aliphatic heterocycles. The lowest BCUT2D eigenvalue weighted by molar-refractivity contribution is 0.419. The van der Waals surface area contributed by atoms with Gasteiger partial charge in [0.15, 0.2) is 5.13 Å². The Hall–Kier alpha value is -1.98. The Kier molecular flexibility index (Phi) is 4.44. The summed E-state index contributed by atoms with van der Waals surface area (Å²) in [5, 5.41) is 1.89. The maximum atomic E-state index is 6.34. The summed E-state index contributed by atoms with van der Waals surface area (Å²) in [7, 11) is 1.70. The number of fused-ring (bicyclic) bond motifs is 1. The fraction of sp³-hybridized carbons (Fsp3) is 0.316. The van der Waals surface area contributed by atoms with Crippen LogP contribution in [-0.2, 0) is 0 Å². The molecule has 4 rings (SSSR count). The molecule has 4 nitrogen and oxygen atoms in total. The number of para-hydroxylation sites is 1. The van der Waals surface area contributed by atoms with Crippen LogP contribution in [0.25, 0.3) is 10.2 Å². The third kappa shape index (κ3) is 3.02. The molecule has 0 saturated carbocycles. The van der Waals surface area contributed by atoms with Gasteiger partial charge in [0, 0.05) is 26.2 Å². The van der Waals surface area contributed by atoms with Crippen LogP contribution in [0.5, 0.6) is 5.75 Å². The van der Waals surface area contributed by atoms with Crippen LogP contribution < -0.4 is 14.5 Å². The van der Waals surface area contributed by atoms with E-state index in [-0.39, 0.29) is 0 Å². The molecule has 0 radical (unpaired) electrons. The molecule has 25 heavy (non-hydrogen) atoms. The first-order valence-electron chi connectivity index (χ1n) is 8.36. The predicted molar refractivity (Wildman–Crippen MR) is 107 cm³/mol. The summed E-state index contributed by atoms with van der Waals surface area (Å²) in [5.41, 5.74) is 3.33. The largest absolute Gasteiger partial charge is 0.494 e. The van der Waals surface area contributed by atoms with Crippen molar-refractivity contribution >= 4 is 44.0 Å². The second kappa shape index (κ2) is 6.73. The average molecular weight is 374 g/mol. The first-order valence-corrected chi connectivity index (χ1v) is 9.55. The highest BCUT2D eigenvalue weighted by atomic mass is 35.5. The predicted octanol–water partition coefficient (Wildman–Crippen LogP) is 4.59. The number of piperazine rings is 1. The molecule has 0 unspecified atom stereocenters. The number of anilines is 2. The van der Waals surface area contributed by atoms with Crippen LogP contribution in [-0.4, -0.2) is 38.3 Å². The molecule has 130 valence electrons. The third-order valence-electron chi connectivity index (χ3n) is 4.66. The number of hydrogen-bond donors (Lipinski definition) is 0. The van der Waals surface area contributed by atoms with Crippen molar-refractivity contribution < 1.29 is 4.74 Å². The molecule has 2 aromatic carbocycles. The molecule has 3 aromatic rings. The van der Waals surface area contributed by atoms with Crippen molar-refractivity contribution in [2.75, 3.05) is 43.1 Å². The van der Waals surface area contributed by atoms with Crippen molar-refractivity contribution in [1.82, 2.24) is 4.98 Å². The number of aryl methyl sites for hydroxylation is 1. The molecular weight excluding hydrogens is 354 g/mol. The monoisotopic (exact) mass is 373 g/mol. The van der Waals surface area contributed by atoms with E-state index in [2.05, 4.69) is 28.9 Å². The van der Waals surface area contributed by atoms with Gasteiger partial charge in [-0.05, 0) is 30.7 Å². The van der Waals surface area contributed by atoms with Gasteiger partial charge in [0.1, 0.15) is 11.3 Å². The number of methoxy groups -OCH3 is 1. The molecule has 1 saturated heterocycles. The summed E-state index contributed by atoms with van der Waals surface area (Å²) in [6.07, 6.45) is 0. The van der Waals surface area contributed by atoms with Crippen molar-refractivity contribution in [3.63, 3.8) is 0 Å². The Morgan fingerprint density at radius 1 is 1.04 bits per heavy atom. The van der Waals surface area contributed by atoms with Gasteiger partial charge in [-0.25, -0.2) is 4.98 Å². The minimum absolute atomic E-state index is 0.816. The first-order chi connectivity index (χ1) is 12.2. The second-order valence-electron chi connectivity index (χ2n) is 6.18. The topological polar surface area (TPSA) is 28.6 Å². The van der Waals surface area contributed by atoms with Crippen molar-refractivity contribution in [2.24, 2.45) is 0 Å².